The summed E-state index contributed by atoms with van der Waals surface area (Å²) in [5, 5.41) is 10.00. The van der Waals surface area contributed by atoms with E-state index in [1.54, 1.807) is 6.07 Å². The number of carboxylic acid groups (broad SMARTS) is 1. The fraction of sp³-hybridized carbons (Fsp3) is 0.133. The van der Waals surface area contributed by atoms with Crippen molar-refractivity contribution in [3.05, 3.63) is 69.2 Å². The molecule has 0 bridgehead atoms. The Kier molecular flexibility index (Phi) is 4.61. The zero-order valence-corrected chi connectivity index (χ0v) is 12.4. The lowest BCUT2D eigenvalue weighted by Gasteiger charge is -2.14. The molecule has 4 heteroatoms. The molecule has 0 aromatic heterocycles. The normalized spacial score (nSPS) is 12.1. The van der Waals surface area contributed by atoms with E-state index in [0.29, 0.717) is 11.4 Å². The highest BCUT2D eigenvalue weighted by molar-refractivity contribution is 9.10. The monoisotopic (exact) mass is 338 g/mol. The van der Waals surface area contributed by atoms with E-state index in [9.17, 15) is 9.90 Å². The molecule has 1 atom stereocenters. The van der Waals surface area contributed by atoms with Crippen molar-refractivity contribution in [3.8, 4) is 0 Å². The van der Waals surface area contributed by atoms with Crippen molar-refractivity contribution in [2.45, 2.75) is 12.3 Å². The average Bonchev–Trinajstić information content (AvgIpc) is 2.39. The van der Waals surface area contributed by atoms with Crippen molar-refractivity contribution in [2.24, 2.45) is 0 Å². The highest BCUT2D eigenvalue weighted by Gasteiger charge is 2.21. The second-order valence-electron chi connectivity index (χ2n) is 4.24. The first kappa shape index (κ1) is 14.1. The molecule has 1 N–H and O–H groups in total. The van der Waals surface area contributed by atoms with Crippen molar-refractivity contribution in [2.75, 3.05) is 0 Å². The van der Waals surface area contributed by atoms with Gasteiger partial charge in [-0.25, -0.2) is 0 Å². The van der Waals surface area contributed by atoms with Gasteiger partial charge in [-0.2, -0.15) is 0 Å². The topological polar surface area (TPSA) is 37.3 Å². The van der Waals surface area contributed by atoms with Crippen LogP contribution in [-0.2, 0) is 11.2 Å². The van der Waals surface area contributed by atoms with E-state index in [1.807, 2.05) is 42.5 Å². The van der Waals surface area contributed by atoms with Crippen LogP contribution in [0.5, 0.6) is 0 Å². The number of carbonyl (C=O) groups is 1. The second-order valence-corrected chi connectivity index (χ2v) is 5.56. The van der Waals surface area contributed by atoms with Crippen LogP contribution in [0.2, 0.25) is 5.02 Å². The molecule has 0 saturated carbocycles. The Balaban J connectivity index is 2.29. The SMILES string of the molecule is O=C(O)C(Cc1ccccc1Cl)c1ccc(Br)cc1. The molecule has 98 valence electrons. The summed E-state index contributed by atoms with van der Waals surface area (Å²) in [6, 6.07) is 14.7. The van der Waals surface area contributed by atoms with Gasteiger partial charge in [0.1, 0.15) is 0 Å². The Labute approximate surface area is 125 Å². The summed E-state index contributed by atoms with van der Waals surface area (Å²) in [5.41, 5.74) is 1.62. The Hall–Kier alpha value is -1.32. The van der Waals surface area contributed by atoms with Crippen LogP contribution in [0.15, 0.2) is 53.0 Å². The fourth-order valence-electron chi connectivity index (χ4n) is 1.93. The molecule has 0 amide bonds. The van der Waals surface area contributed by atoms with Crippen LogP contribution in [0.25, 0.3) is 0 Å². The predicted octanol–water partition coefficient (Wildman–Crippen LogP) is 4.51. The minimum atomic E-state index is -0.845. The molecule has 2 nitrogen and oxygen atoms in total. The van der Waals surface area contributed by atoms with Crippen molar-refractivity contribution >= 4 is 33.5 Å². The van der Waals surface area contributed by atoms with Crippen LogP contribution in [0.1, 0.15) is 17.0 Å². The van der Waals surface area contributed by atoms with E-state index in [-0.39, 0.29) is 0 Å². The van der Waals surface area contributed by atoms with Gasteiger partial charge in [-0.05, 0) is 35.7 Å². The van der Waals surface area contributed by atoms with Crippen molar-refractivity contribution in [3.63, 3.8) is 0 Å². The van der Waals surface area contributed by atoms with Gasteiger partial charge in [0.15, 0.2) is 0 Å². The Morgan fingerprint density at radius 1 is 1.16 bits per heavy atom. The third-order valence-electron chi connectivity index (χ3n) is 2.95. The van der Waals surface area contributed by atoms with E-state index in [4.69, 9.17) is 11.6 Å². The van der Waals surface area contributed by atoms with E-state index in [1.165, 1.54) is 0 Å². The molecule has 2 rings (SSSR count). The minimum absolute atomic E-state index is 0.386. The van der Waals surface area contributed by atoms with Crippen LogP contribution < -0.4 is 0 Å². The van der Waals surface area contributed by atoms with Gasteiger partial charge in [-0.3, -0.25) is 4.79 Å². The van der Waals surface area contributed by atoms with E-state index in [0.717, 1.165) is 15.6 Å². The van der Waals surface area contributed by atoms with E-state index in [2.05, 4.69) is 15.9 Å². The summed E-state index contributed by atoms with van der Waals surface area (Å²) in [4.78, 5) is 11.4. The molecule has 0 saturated heterocycles. The van der Waals surface area contributed by atoms with Crippen molar-refractivity contribution in [1.29, 1.82) is 0 Å². The minimum Gasteiger partial charge on any atom is -0.481 e. The van der Waals surface area contributed by atoms with Crippen LogP contribution in [0, 0.1) is 0 Å². The molecular formula is C15H12BrClO2. The van der Waals surface area contributed by atoms with Gasteiger partial charge in [0, 0.05) is 9.50 Å². The van der Waals surface area contributed by atoms with Gasteiger partial charge in [0.05, 0.1) is 5.92 Å². The van der Waals surface area contributed by atoms with Crippen LogP contribution in [0.3, 0.4) is 0 Å². The quantitative estimate of drug-likeness (QED) is 0.889. The lowest BCUT2D eigenvalue weighted by atomic mass is 9.92. The summed E-state index contributed by atoms with van der Waals surface area (Å²) in [6.07, 6.45) is 0.386. The first-order valence-electron chi connectivity index (χ1n) is 5.79. The maximum Gasteiger partial charge on any atom is 0.311 e. The summed E-state index contributed by atoms with van der Waals surface area (Å²) in [7, 11) is 0. The Bertz CT molecular complexity index is 581. The molecule has 2 aromatic carbocycles. The molecule has 0 radical (unpaired) electrons. The maximum atomic E-state index is 11.4. The van der Waals surface area contributed by atoms with Gasteiger partial charge in [0.2, 0.25) is 0 Å². The number of halogens is 2. The first-order chi connectivity index (χ1) is 9.08. The largest absolute Gasteiger partial charge is 0.481 e. The highest BCUT2D eigenvalue weighted by Crippen LogP contribution is 2.26. The first-order valence-corrected chi connectivity index (χ1v) is 6.96. The zero-order chi connectivity index (χ0) is 13.8. The average molecular weight is 340 g/mol. The smallest absolute Gasteiger partial charge is 0.311 e. The molecule has 0 aliphatic heterocycles. The molecular weight excluding hydrogens is 328 g/mol. The lowest BCUT2D eigenvalue weighted by molar-refractivity contribution is -0.138. The van der Waals surface area contributed by atoms with Crippen LogP contribution in [0.4, 0.5) is 0 Å². The molecule has 1 unspecified atom stereocenters. The summed E-state index contributed by atoms with van der Waals surface area (Å²) >= 11 is 9.43. The molecule has 0 aliphatic carbocycles. The zero-order valence-electron chi connectivity index (χ0n) is 10.0. The van der Waals surface area contributed by atoms with Gasteiger partial charge < -0.3 is 5.11 Å². The summed E-state index contributed by atoms with van der Waals surface area (Å²) in [6.45, 7) is 0. The third kappa shape index (κ3) is 3.58. The summed E-state index contributed by atoms with van der Waals surface area (Å²) < 4.78 is 0.929. The molecule has 0 aliphatic rings. The van der Waals surface area contributed by atoms with Crippen molar-refractivity contribution < 1.29 is 9.90 Å². The van der Waals surface area contributed by atoms with E-state index >= 15 is 0 Å². The number of hydrogen-bond donors (Lipinski definition) is 1. The Morgan fingerprint density at radius 3 is 2.37 bits per heavy atom. The summed E-state index contributed by atoms with van der Waals surface area (Å²) in [5.74, 6) is -1.43. The number of rotatable bonds is 4. The highest BCUT2D eigenvalue weighted by atomic mass is 79.9. The van der Waals surface area contributed by atoms with Crippen molar-refractivity contribution in [1.82, 2.24) is 0 Å². The number of aliphatic carboxylic acids is 1. The van der Waals surface area contributed by atoms with Gasteiger partial charge in [0.25, 0.3) is 0 Å². The van der Waals surface area contributed by atoms with Gasteiger partial charge in [-0.15, -0.1) is 0 Å². The predicted molar refractivity (Wildman–Crippen MR) is 79.7 cm³/mol. The van der Waals surface area contributed by atoms with Crippen LogP contribution >= 0.6 is 27.5 Å². The molecule has 0 spiro atoms. The molecule has 19 heavy (non-hydrogen) atoms. The number of benzene rings is 2. The number of hydrogen-bond acceptors (Lipinski definition) is 1. The van der Waals surface area contributed by atoms with Crippen LogP contribution in [-0.4, -0.2) is 11.1 Å². The maximum absolute atomic E-state index is 11.4. The Morgan fingerprint density at radius 2 is 1.79 bits per heavy atom. The third-order valence-corrected chi connectivity index (χ3v) is 3.85. The lowest BCUT2D eigenvalue weighted by Crippen LogP contribution is -2.14. The standard InChI is InChI=1S/C15H12BrClO2/c16-12-7-5-10(6-8-12)13(15(18)19)9-11-3-1-2-4-14(11)17/h1-8,13H,9H2,(H,18,19). The molecule has 0 fully saturated rings. The fourth-order valence-corrected chi connectivity index (χ4v) is 2.40. The molecule has 0 heterocycles. The van der Waals surface area contributed by atoms with Gasteiger partial charge >= 0.3 is 5.97 Å². The number of carboxylic acids is 1. The second kappa shape index (κ2) is 6.22. The van der Waals surface area contributed by atoms with Gasteiger partial charge in [-0.1, -0.05) is 57.9 Å². The van der Waals surface area contributed by atoms with E-state index < -0.39 is 11.9 Å². The molecule has 2 aromatic rings.